The minimum atomic E-state index is 1.02. The number of aryl methyl sites for hydroxylation is 1. The normalized spacial score (nSPS) is 24.9. The van der Waals surface area contributed by atoms with E-state index >= 15 is 0 Å². The quantitative estimate of drug-likeness (QED) is 0.619. The smallest absolute Gasteiger partial charge is 0.0279 e. The second-order valence-electron chi connectivity index (χ2n) is 5.17. The van der Waals surface area contributed by atoms with Crippen LogP contribution in [0, 0.1) is 11.8 Å². The van der Waals surface area contributed by atoms with Gasteiger partial charge in [-0.3, -0.25) is 0 Å². The Morgan fingerprint density at radius 1 is 1.07 bits per heavy atom. The molecule has 1 aromatic rings. The van der Waals surface area contributed by atoms with Gasteiger partial charge >= 0.3 is 0 Å². The van der Waals surface area contributed by atoms with Gasteiger partial charge in [0.25, 0.3) is 0 Å². The van der Waals surface area contributed by atoms with Crippen LogP contribution >= 0.6 is 0 Å². The molecule has 1 aliphatic rings. The van der Waals surface area contributed by atoms with Gasteiger partial charge in [-0.25, -0.2) is 0 Å². The van der Waals surface area contributed by atoms with Crippen LogP contribution in [0.3, 0.4) is 0 Å². The molecular formula is C15H22. The van der Waals surface area contributed by atoms with E-state index in [1.165, 1.54) is 44.1 Å². The van der Waals surface area contributed by atoms with Crippen LogP contribution in [0.4, 0.5) is 0 Å². The van der Waals surface area contributed by atoms with Crippen LogP contribution in [0.1, 0.15) is 44.6 Å². The Kier molecular flexibility index (Phi) is 3.82. The van der Waals surface area contributed by atoms with Crippen LogP contribution in [0.5, 0.6) is 0 Å². The summed E-state index contributed by atoms with van der Waals surface area (Å²) in [6.45, 7) is 2.38. The molecule has 1 saturated carbocycles. The molecule has 0 N–H and O–H groups in total. The van der Waals surface area contributed by atoms with Gasteiger partial charge in [0.1, 0.15) is 0 Å². The van der Waals surface area contributed by atoms with Crippen LogP contribution < -0.4 is 0 Å². The molecule has 0 heteroatoms. The molecule has 0 amide bonds. The summed E-state index contributed by atoms with van der Waals surface area (Å²) in [5.74, 6) is 2.08. The molecule has 0 atom stereocenters. The van der Waals surface area contributed by atoms with Crippen LogP contribution in [0.25, 0.3) is 0 Å². The standard InChI is InChI=1S/C15H22/c1-13-11-15(12-13)10-6-5-9-14-7-3-2-4-8-14/h2-4,7-8,13,15H,5-6,9-12H2,1H3. The van der Waals surface area contributed by atoms with Crippen molar-refractivity contribution in [1.29, 1.82) is 0 Å². The van der Waals surface area contributed by atoms with Crippen molar-refractivity contribution in [3.63, 3.8) is 0 Å². The average Bonchev–Trinajstić information content (AvgIpc) is 2.23. The van der Waals surface area contributed by atoms with E-state index < -0.39 is 0 Å². The van der Waals surface area contributed by atoms with Crippen molar-refractivity contribution in [2.45, 2.75) is 45.4 Å². The van der Waals surface area contributed by atoms with Crippen LogP contribution in [0.15, 0.2) is 30.3 Å². The zero-order valence-corrected chi connectivity index (χ0v) is 9.78. The van der Waals surface area contributed by atoms with Crippen LogP contribution in [0.2, 0.25) is 0 Å². The topological polar surface area (TPSA) is 0 Å². The van der Waals surface area contributed by atoms with Crippen molar-refractivity contribution in [2.75, 3.05) is 0 Å². The second-order valence-corrected chi connectivity index (χ2v) is 5.17. The first kappa shape index (κ1) is 10.7. The minimum absolute atomic E-state index is 1.02. The molecule has 1 aliphatic carbocycles. The summed E-state index contributed by atoms with van der Waals surface area (Å²) in [5.41, 5.74) is 1.50. The van der Waals surface area contributed by atoms with Gasteiger partial charge in [-0.15, -0.1) is 0 Å². The van der Waals surface area contributed by atoms with Gasteiger partial charge in [0.05, 0.1) is 0 Å². The Morgan fingerprint density at radius 3 is 2.47 bits per heavy atom. The van der Waals surface area contributed by atoms with Gasteiger partial charge in [-0.2, -0.15) is 0 Å². The zero-order valence-electron chi connectivity index (χ0n) is 9.78. The molecule has 0 saturated heterocycles. The Hall–Kier alpha value is -0.780. The number of hydrogen-bond acceptors (Lipinski definition) is 0. The summed E-state index contributed by atoms with van der Waals surface area (Å²) in [4.78, 5) is 0. The highest BCUT2D eigenvalue weighted by Gasteiger charge is 2.24. The second kappa shape index (κ2) is 5.34. The zero-order chi connectivity index (χ0) is 10.5. The van der Waals surface area contributed by atoms with Crippen molar-refractivity contribution in [3.8, 4) is 0 Å². The lowest BCUT2D eigenvalue weighted by atomic mass is 9.74. The Balaban J connectivity index is 1.56. The predicted molar refractivity (Wildman–Crippen MR) is 65.9 cm³/mol. The number of hydrogen-bond donors (Lipinski definition) is 0. The molecule has 1 fully saturated rings. The molecule has 1 aromatic carbocycles. The molecular weight excluding hydrogens is 180 g/mol. The van der Waals surface area contributed by atoms with Gasteiger partial charge in [0.15, 0.2) is 0 Å². The van der Waals surface area contributed by atoms with E-state index in [4.69, 9.17) is 0 Å². The van der Waals surface area contributed by atoms with Gasteiger partial charge in [0.2, 0.25) is 0 Å². The Morgan fingerprint density at radius 2 is 1.80 bits per heavy atom. The molecule has 0 aliphatic heterocycles. The molecule has 0 unspecified atom stereocenters. The maximum atomic E-state index is 2.38. The first-order valence-corrected chi connectivity index (χ1v) is 6.38. The molecule has 0 spiro atoms. The van der Waals surface area contributed by atoms with Gasteiger partial charge in [-0.05, 0) is 43.1 Å². The highest BCUT2D eigenvalue weighted by molar-refractivity contribution is 5.14. The molecule has 2 rings (SSSR count). The van der Waals surface area contributed by atoms with Crippen molar-refractivity contribution in [3.05, 3.63) is 35.9 Å². The Bertz CT molecular complexity index is 269. The van der Waals surface area contributed by atoms with E-state index in [0.29, 0.717) is 0 Å². The van der Waals surface area contributed by atoms with Crippen molar-refractivity contribution >= 4 is 0 Å². The number of unbranched alkanes of at least 4 members (excludes halogenated alkanes) is 1. The lowest BCUT2D eigenvalue weighted by Crippen LogP contribution is -2.20. The fraction of sp³-hybridized carbons (Fsp3) is 0.600. The molecule has 0 heterocycles. The van der Waals surface area contributed by atoms with E-state index in [1.807, 2.05) is 0 Å². The minimum Gasteiger partial charge on any atom is -0.0625 e. The summed E-state index contributed by atoms with van der Waals surface area (Å²) in [7, 11) is 0. The summed E-state index contributed by atoms with van der Waals surface area (Å²) in [5, 5.41) is 0. The maximum Gasteiger partial charge on any atom is -0.0279 e. The SMILES string of the molecule is CC1CC(CCCCc2ccccc2)C1. The molecule has 0 nitrogen and oxygen atoms in total. The van der Waals surface area contributed by atoms with E-state index in [1.54, 1.807) is 0 Å². The lowest BCUT2D eigenvalue weighted by molar-refractivity contribution is 0.195. The van der Waals surface area contributed by atoms with Gasteiger partial charge < -0.3 is 0 Å². The van der Waals surface area contributed by atoms with E-state index in [9.17, 15) is 0 Å². The molecule has 0 radical (unpaired) electrons. The average molecular weight is 202 g/mol. The first-order chi connectivity index (χ1) is 7.34. The highest BCUT2D eigenvalue weighted by Crippen LogP contribution is 2.36. The fourth-order valence-electron chi connectivity index (χ4n) is 2.71. The predicted octanol–water partition coefficient (Wildman–Crippen LogP) is 4.45. The molecule has 0 aromatic heterocycles. The number of rotatable bonds is 5. The summed E-state index contributed by atoms with van der Waals surface area (Å²) in [6.07, 6.45) is 8.51. The lowest BCUT2D eigenvalue weighted by Gasteiger charge is -2.32. The third-order valence-electron chi connectivity index (χ3n) is 3.64. The van der Waals surface area contributed by atoms with E-state index in [0.717, 1.165) is 11.8 Å². The third-order valence-corrected chi connectivity index (χ3v) is 3.64. The molecule has 82 valence electrons. The van der Waals surface area contributed by atoms with Crippen molar-refractivity contribution in [1.82, 2.24) is 0 Å². The summed E-state index contributed by atoms with van der Waals surface area (Å²) in [6, 6.07) is 10.9. The summed E-state index contributed by atoms with van der Waals surface area (Å²) >= 11 is 0. The monoisotopic (exact) mass is 202 g/mol. The molecule has 0 bridgehead atoms. The molecule has 15 heavy (non-hydrogen) atoms. The van der Waals surface area contributed by atoms with E-state index in [2.05, 4.69) is 37.3 Å². The first-order valence-electron chi connectivity index (χ1n) is 6.38. The highest BCUT2D eigenvalue weighted by atomic mass is 14.3. The largest absolute Gasteiger partial charge is 0.0625 e. The fourth-order valence-corrected chi connectivity index (χ4v) is 2.71. The van der Waals surface area contributed by atoms with Crippen LogP contribution in [-0.4, -0.2) is 0 Å². The van der Waals surface area contributed by atoms with Gasteiger partial charge in [0, 0.05) is 0 Å². The van der Waals surface area contributed by atoms with Crippen LogP contribution in [-0.2, 0) is 6.42 Å². The van der Waals surface area contributed by atoms with Crippen molar-refractivity contribution in [2.24, 2.45) is 11.8 Å². The van der Waals surface area contributed by atoms with Gasteiger partial charge in [-0.1, -0.05) is 50.1 Å². The third kappa shape index (κ3) is 3.37. The number of benzene rings is 1. The summed E-state index contributed by atoms with van der Waals surface area (Å²) < 4.78 is 0. The van der Waals surface area contributed by atoms with Crippen molar-refractivity contribution < 1.29 is 0 Å². The maximum absolute atomic E-state index is 2.38. The van der Waals surface area contributed by atoms with E-state index in [-0.39, 0.29) is 0 Å². The Labute approximate surface area is 93.7 Å².